The molecular weight excluding hydrogens is 184 g/mol. The second kappa shape index (κ2) is 7.02. The lowest BCUT2D eigenvalue weighted by molar-refractivity contribution is 0.254. The van der Waals surface area contributed by atoms with Gasteiger partial charge in [0, 0.05) is 18.6 Å². The molecule has 0 aliphatic carbocycles. The molecule has 88 valence electrons. The van der Waals surface area contributed by atoms with Gasteiger partial charge in [0.2, 0.25) is 0 Å². The van der Waals surface area contributed by atoms with Crippen LogP contribution in [0.2, 0.25) is 0 Å². The molecule has 1 rings (SSSR count). The number of hydrogen-bond acceptors (Lipinski definition) is 2. The monoisotopic (exact) mass is 210 g/mol. The molecule has 1 aliphatic heterocycles. The van der Waals surface area contributed by atoms with Crippen LogP contribution in [0.1, 0.15) is 39.5 Å². The molecule has 1 fully saturated rings. The molecule has 2 heteroatoms. The third kappa shape index (κ3) is 4.35. The van der Waals surface area contributed by atoms with Crippen molar-refractivity contribution in [2.24, 2.45) is 0 Å². The summed E-state index contributed by atoms with van der Waals surface area (Å²) in [7, 11) is 0. The van der Waals surface area contributed by atoms with Gasteiger partial charge in [0.1, 0.15) is 0 Å². The van der Waals surface area contributed by atoms with E-state index < -0.39 is 0 Å². The van der Waals surface area contributed by atoms with E-state index in [0.717, 1.165) is 19.0 Å². The summed E-state index contributed by atoms with van der Waals surface area (Å²) in [6.45, 7) is 12.0. The second-order valence-electron chi connectivity index (χ2n) is 4.60. The van der Waals surface area contributed by atoms with E-state index in [-0.39, 0.29) is 0 Å². The average molecular weight is 210 g/mol. The van der Waals surface area contributed by atoms with E-state index in [1.54, 1.807) is 0 Å². The third-order valence-electron chi connectivity index (χ3n) is 3.41. The van der Waals surface area contributed by atoms with Crippen LogP contribution < -0.4 is 5.32 Å². The standard InChI is InChI=1S/C13H26N2/c1-4-6-8-12(3)14-11-13-9-7-10-15(13)5-2/h4,12-14H,1,5-11H2,2-3H3/t12-,13-/m0/s1. The number of nitrogens with zero attached hydrogens (tertiary/aromatic N) is 1. The van der Waals surface area contributed by atoms with Crippen LogP contribution in [0.4, 0.5) is 0 Å². The average Bonchev–Trinajstić information content (AvgIpc) is 2.70. The van der Waals surface area contributed by atoms with Crippen molar-refractivity contribution < 1.29 is 0 Å². The summed E-state index contributed by atoms with van der Waals surface area (Å²) in [6.07, 6.45) is 7.08. The summed E-state index contributed by atoms with van der Waals surface area (Å²) in [5, 5.41) is 3.63. The first-order chi connectivity index (χ1) is 7.27. The highest BCUT2D eigenvalue weighted by Crippen LogP contribution is 2.15. The second-order valence-corrected chi connectivity index (χ2v) is 4.60. The zero-order chi connectivity index (χ0) is 11.1. The van der Waals surface area contributed by atoms with E-state index >= 15 is 0 Å². The molecule has 15 heavy (non-hydrogen) atoms. The van der Waals surface area contributed by atoms with Crippen molar-refractivity contribution in [3.63, 3.8) is 0 Å². The number of allylic oxidation sites excluding steroid dienone is 1. The van der Waals surface area contributed by atoms with E-state index in [9.17, 15) is 0 Å². The summed E-state index contributed by atoms with van der Waals surface area (Å²) >= 11 is 0. The Hall–Kier alpha value is -0.340. The lowest BCUT2D eigenvalue weighted by Gasteiger charge is -2.24. The topological polar surface area (TPSA) is 15.3 Å². The Bertz CT molecular complexity index is 179. The fraction of sp³-hybridized carbons (Fsp3) is 0.846. The van der Waals surface area contributed by atoms with Gasteiger partial charge in [0.25, 0.3) is 0 Å². The van der Waals surface area contributed by atoms with E-state index in [0.29, 0.717) is 6.04 Å². The van der Waals surface area contributed by atoms with Gasteiger partial charge in [-0.25, -0.2) is 0 Å². The molecule has 1 N–H and O–H groups in total. The van der Waals surface area contributed by atoms with Crippen LogP contribution in [-0.4, -0.2) is 36.6 Å². The molecule has 0 aromatic rings. The van der Waals surface area contributed by atoms with Crippen LogP contribution in [0, 0.1) is 0 Å². The lowest BCUT2D eigenvalue weighted by Crippen LogP contribution is -2.40. The predicted octanol–water partition coefficient (Wildman–Crippen LogP) is 2.42. The quantitative estimate of drug-likeness (QED) is 0.649. The fourth-order valence-corrected chi connectivity index (χ4v) is 2.35. The zero-order valence-electron chi connectivity index (χ0n) is 10.3. The number of nitrogens with one attached hydrogen (secondary N) is 1. The van der Waals surface area contributed by atoms with Gasteiger partial charge in [0.05, 0.1) is 0 Å². The summed E-state index contributed by atoms with van der Waals surface area (Å²) < 4.78 is 0. The maximum Gasteiger partial charge on any atom is 0.0221 e. The van der Waals surface area contributed by atoms with Crippen molar-refractivity contribution in [3.05, 3.63) is 12.7 Å². The van der Waals surface area contributed by atoms with Crippen molar-refractivity contribution in [1.29, 1.82) is 0 Å². The molecular formula is C13H26N2. The highest BCUT2D eigenvalue weighted by atomic mass is 15.2. The SMILES string of the molecule is C=CCC[C@H](C)NC[C@@H]1CCCN1CC. The third-order valence-corrected chi connectivity index (χ3v) is 3.41. The molecule has 0 unspecified atom stereocenters. The van der Waals surface area contributed by atoms with Gasteiger partial charge < -0.3 is 5.32 Å². The molecule has 0 saturated carbocycles. The summed E-state index contributed by atoms with van der Waals surface area (Å²) in [4.78, 5) is 2.59. The van der Waals surface area contributed by atoms with Gasteiger partial charge in [-0.05, 0) is 45.7 Å². The summed E-state index contributed by atoms with van der Waals surface area (Å²) in [5.41, 5.74) is 0. The first kappa shape index (κ1) is 12.7. The van der Waals surface area contributed by atoms with Gasteiger partial charge in [-0.1, -0.05) is 13.0 Å². The molecule has 0 radical (unpaired) electrons. The number of likely N-dealkylation sites (tertiary alicyclic amines) is 1. The maximum absolute atomic E-state index is 3.76. The van der Waals surface area contributed by atoms with Crippen molar-refractivity contribution in [3.8, 4) is 0 Å². The smallest absolute Gasteiger partial charge is 0.0221 e. The highest BCUT2D eigenvalue weighted by molar-refractivity contribution is 4.81. The van der Waals surface area contributed by atoms with Crippen molar-refractivity contribution in [2.75, 3.05) is 19.6 Å². The minimum absolute atomic E-state index is 0.627. The van der Waals surface area contributed by atoms with E-state index in [1.165, 1.54) is 32.4 Å². The van der Waals surface area contributed by atoms with E-state index in [1.807, 2.05) is 6.08 Å². The van der Waals surface area contributed by atoms with E-state index in [2.05, 4.69) is 30.6 Å². The maximum atomic E-state index is 3.76. The number of likely N-dealkylation sites (N-methyl/N-ethyl adjacent to an activating group) is 1. The van der Waals surface area contributed by atoms with Crippen molar-refractivity contribution >= 4 is 0 Å². The first-order valence-corrected chi connectivity index (χ1v) is 6.36. The van der Waals surface area contributed by atoms with Crippen LogP contribution in [-0.2, 0) is 0 Å². The molecule has 0 amide bonds. The van der Waals surface area contributed by atoms with E-state index in [4.69, 9.17) is 0 Å². The molecule has 0 bridgehead atoms. The van der Waals surface area contributed by atoms with Crippen LogP contribution >= 0.6 is 0 Å². The summed E-state index contributed by atoms with van der Waals surface area (Å²) in [6, 6.07) is 1.41. The van der Waals surface area contributed by atoms with Crippen molar-refractivity contribution in [2.45, 2.75) is 51.6 Å². The lowest BCUT2D eigenvalue weighted by atomic mass is 10.1. The van der Waals surface area contributed by atoms with Gasteiger partial charge in [-0.2, -0.15) is 0 Å². The zero-order valence-corrected chi connectivity index (χ0v) is 10.3. The molecule has 1 heterocycles. The molecule has 2 nitrogen and oxygen atoms in total. The minimum Gasteiger partial charge on any atom is -0.313 e. The number of hydrogen-bond donors (Lipinski definition) is 1. The molecule has 0 spiro atoms. The van der Waals surface area contributed by atoms with Gasteiger partial charge in [-0.15, -0.1) is 6.58 Å². The Morgan fingerprint density at radius 1 is 1.60 bits per heavy atom. The molecule has 1 aliphatic rings. The molecule has 1 saturated heterocycles. The highest BCUT2D eigenvalue weighted by Gasteiger charge is 2.22. The van der Waals surface area contributed by atoms with Crippen LogP contribution in [0.25, 0.3) is 0 Å². The molecule has 0 aromatic heterocycles. The van der Waals surface area contributed by atoms with Gasteiger partial charge in [0.15, 0.2) is 0 Å². The predicted molar refractivity (Wildman–Crippen MR) is 67.2 cm³/mol. The van der Waals surface area contributed by atoms with Crippen LogP contribution in [0.3, 0.4) is 0 Å². The largest absolute Gasteiger partial charge is 0.313 e. The van der Waals surface area contributed by atoms with Gasteiger partial charge in [-0.3, -0.25) is 4.90 Å². The van der Waals surface area contributed by atoms with Crippen LogP contribution in [0.5, 0.6) is 0 Å². The minimum atomic E-state index is 0.627. The normalized spacial score (nSPS) is 24.3. The Balaban J connectivity index is 2.15. The number of rotatable bonds is 7. The summed E-state index contributed by atoms with van der Waals surface area (Å²) in [5.74, 6) is 0. The fourth-order valence-electron chi connectivity index (χ4n) is 2.35. The first-order valence-electron chi connectivity index (χ1n) is 6.36. The van der Waals surface area contributed by atoms with Crippen molar-refractivity contribution in [1.82, 2.24) is 10.2 Å². The molecule has 2 atom stereocenters. The Morgan fingerprint density at radius 3 is 3.07 bits per heavy atom. The Kier molecular flexibility index (Phi) is 5.96. The van der Waals surface area contributed by atoms with Crippen LogP contribution in [0.15, 0.2) is 12.7 Å². The Labute approximate surface area is 94.7 Å². The van der Waals surface area contributed by atoms with Gasteiger partial charge >= 0.3 is 0 Å². The Morgan fingerprint density at radius 2 is 2.40 bits per heavy atom. The molecule has 0 aromatic carbocycles.